The topological polar surface area (TPSA) is 66.1 Å². The molecule has 0 spiro atoms. The molecule has 2 aromatic carbocycles. The molecular weight excluding hydrogens is 276 g/mol. The number of hydrogen-bond donors (Lipinski definition) is 1. The van der Waals surface area contributed by atoms with Gasteiger partial charge in [-0.3, -0.25) is 5.41 Å². The summed E-state index contributed by atoms with van der Waals surface area (Å²) in [6.07, 6.45) is 6.52. The Morgan fingerprint density at radius 2 is 1.55 bits per heavy atom. The Morgan fingerprint density at radius 3 is 1.91 bits per heavy atom. The summed E-state index contributed by atoms with van der Waals surface area (Å²) in [6, 6.07) is 16.1. The summed E-state index contributed by atoms with van der Waals surface area (Å²) in [5.74, 6) is 3.81. The lowest BCUT2D eigenvalue weighted by atomic mass is 9.76. The monoisotopic (exact) mass is 290 g/mol. The molecular formula is C18H14N2O2. The van der Waals surface area contributed by atoms with Gasteiger partial charge in [-0.1, -0.05) is 30.2 Å². The fourth-order valence-electron chi connectivity index (χ4n) is 2.19. The van der Waals surface area contributed by atoms with Gasteiger partial charge in [-0.05, 0) is 35.4 Å². The highest BCUT2D eigenvalue weighted by atomic mass is 16.5. The summed E-state index contributed by atoms with van der Waals surface area (Å²) in [4.78, 5) is 0. The first-order valence-corrected chi connectivity index (χ1v) is 6.50. The van der Waals surface area contributed by atoms with Crippen molar-refractivity contribution in [3.8, 4) is 29.9 Å². The van der Waals surface area contributed by atoms with E-state index in [1.807, 2.05) is 0 Å². The van der Waals surface area contributed by atoms with E-state index in [9.17, 15) is 5.26 Å². The van der Waals surface area contributed by atoms with E-state index in [1.165, 1.54) is 0 Å². The molecule has 0 bridgehead atoms. The third-order valence-corrected chi connectivity index (χ3v) is 3.39. The van der Waals surface area contributed by atoms with E-state index in [-0.39, 0.29) is 0 Å². The number of ether oxygens (including phenoxy) is 2. The van der Waals surface area contributed by atoms with Crippen LogP contribution in [0.5, 0.6) is 11.5 Å². The SMILES string of the molecule is C#CC(C#N)(c1ccc(OC)cc1)c1ccc(OC=N)cc1. The van der Waals surface area contributed by atoms with E-state index in [0.29, 0.717) is 22.6 Å². The van der Waals surface area contributed by atoms with Crippen molar-refractivity contribution in [1.29, 1.82) is 10.7 Å². The van der Waals surface area contributed by atoms with Crippen molar-refractivity contribution >= 4 is 6.40 Å². The second kappa shape index (κ2) is 6.47. The summed E-state index contributed by atoms with van der Waals surface area (Å²) in [7, 11) is 1.58. The number of terminal acetylenes is 1. The van der Waals surface area contributed by atoms with E-state index in [2.05, 4.69) is 12.0 Å². The molecule has 2 rings (SSSR count). The Morgan fingerprint density at radius 1 is 1.05 bits per heavy atom. The molecule has 1 atom stereocenters. The molecule has 0 aliphatic rings. The van der Waals surface area contributed by atoms with Crippen molar-refractivity contribution in [2.75, 3.05) is 7.11 Å². The van der Waals surface area contributed by atoms with E-state index in [4.69, 9.17) is 21.3 Å². The van der Waals surface area contributed by atoms with E-state index in [0.717, 1.165) is 6.40 Å². The van der Waals surface area contributed by atoms with Gasteiger partial charge in [0, 0.05) is 0 Å². The maximum absolute atomic E-state index is 9.69. The molecule has 1 unspecified atom stereocenters. The minimum Gasteiger partial charge on any atom is -0.497 e. The fourth-order valence-corrected chi connectivity index (χ4v) is 2.19. The summed E-state index contributed by atoms with van der Waals surface area (Å²) in [5, 5.41) is 16.6. The van der Waals surface area contributed by atoms with E-state index >= 15 is 0 Å². The first-order valence-electron chi connectivity index (χ1n) is 6.50. The van der Waals surface area contributed by atoms with Crippen LogP contribution in [0.2, 0.25) is 0 Å². The summed E-state index contributed by atoms with van der Waals surface area (Å²) < 4.78 is 10.1. The summed E-state index contributed by atoms with van der Waals surface area (Å²) in [6.45, 7) is 0. The average molecular weight is 290 g/mol. The van der Waals surface area contributed by atoms with Gasteiger partial charge in [0.1, 0.15) is 11.5 Å². The summed E-state index contributed by atoms with van der Waals surface area (Å²) >= 11 is 0. The van der Waals surface area contributed by atoms with Gasteiger partial charge >= 0.3 is 0 Å². The lowest BCUT2D eigenvalue weighted by molar-refractivity contribution is 0.414. The Bertz CT molecular complexity index is 721. The minimum atomic E-state index is -1.19. The third kappa shape index (κ3) is 2.63. The quantitative estimate of drug-likeness (QED) is 0.522. The van der Waals surface area contributed by atoms with Crippen molar-refractivity contribution in [2.24, 2.45) is 0 Å². The van der Waals surface area contributed by atoms with E-state index in [1.54, 1.807) is 55.6 Å². The van der Waals surface area contributed by atoms with Crippen LogP contribution in [0.15, 0.2) is 48.5 Å². The number of nitrogens with zero attached hydrogens (tertiary/aromatic N) is 1. The number of hydrogen-bond acceptors (Lipinski definition) is 4. The molecule has 0 radical (unpaired) electrons. The molecule has 108 valence electrons. The van der Waals surface area contributed by atoms with Crippen LogP contribution in [0.3, 0.4) is 0 Å². The first-order chi connectivity index (χ1) is 10.7. The Hall–Kier alpha value is -3.24. The van der Waals surface area contributed by atoms with Gasteiger partial charge in [-0.2, -0.15) is 5.26 Å². The zero-order valence-corrected chi connectivity index (χ0v) is 12.0. The van der Waals surface area contributed by atoms with Crippen LogP contribution in [0.4, 0.5) is 0 Å². The smallest absolute Gasteiger partial charge is 0.173 e. The molecule has 0 aliphatic carbocycles. The van der Waals surface area contributed by atoms with Crippen LogP contribution in [0, 0.1) is 29.1 Å². The Labute approximate surface area is 129 Å². The molecule has 1 N–H and O–H groups in total. The number of methoxy groups -OCH3 is 1. The molecule has 0 saturated carbocycles. The third-order valence-electron chi connectivity index (χ3n) is 3.39. The Kier molecular flexibility index (Phi) is 4.46. The van der Waals surface area contributed by atoms with Crippen LogP contribution in [-0.4, -0.2) is 13.5 Å². The largest absolute Gasteiger partial charge is 0.497 e. The van der Waals surface area contributed by atoms with Crippen molar-refractivity contribution in [1.82, 2.24) is 0 Å². The van der Waals surface area contributed by atoms with Gasteiger partial charge in [0.05, 0.1) is 13.2 Å². The van der Waals surface area contributed by atoms with Crippen molar-refractivity contribution in [3.05, 3.63) is 59.7 Å². The molecule has 0 saturated heterocycles. The van der Waals surface area contributed by atoms with E-state index < -0.39 is 5.41 Å². The highest BCUT2D eigenvalue weighted by Gasteiger charge is 2.32. The lowest BCUT2D eigenvalue weighted by Gasteiger charge is -2.22. The number of nitriles is 1. The van der Waals surface area contributed by atoms with Crippen molar-refractivity contribution < 1.29 is 9.47 Å². The lowest BCUT2D eigenvalue weighted by Crippen LogP contribution is -2.23. The highest BCUT2D eigenvalue weighted by molar-refractivity contribution is 5.56. The molecule has 0 fully saturated rings. The van der Waals surface area contributed by atoms with Crippen LogP contribution in [-0.2, 0) is 5.41 Å². The second-order valence-electron chi connectivity index (χ2n) is 4.49. The molecule has 4 nitrogen and oxygen atoms in total. The number of rotatable bonds is 5. The maximum Gasteiger partial charge on any atom is 0.173 e. The van der Waals surface area contributed by atoms with Crippen molar-refractivity contribution in [3.63, 3.8) is 0 Å². The van der Waals surface area contributed by atoms with Crippen LogP contribution in [0.25, 0.3) is 0 Å². The fraction of sp³-hybridized carbons (Fsp3) is 0.111. The second-order valence-corrected chi connectivity index (χ2v) is 4.49. The zero-order valence-electron chi connectivity index (χ0n) is 12.0. The van der Waals surface area contributed by atoms with Crippen LogP contribution >= 0.6 is 0 Å². The zero-order chi connectivity index (χ0) is 16.0. The highest BCUT2D eigenvalue weighted by Crippen LogP contribution is 2.33. The van der Waals surface area contributed by atoms with Gasteiger partial charge in [-0.25, -0.2) is 0 Å². The molecule has 4 heteroatoms. The van der Waals surface area contributed by atoms with Gasteiger partial charge in [0.25, 0.3) is 0 Å². The van der Waals surface area contributed by atoms with Crippen molar-refractivity contribution in [2.45, 2.75) is 5.41 Å². The average Bonchev–Trinajstić information content (AvgIpc) is 2.59. The maximum atomic E-state index is 9.69. The molecule has 22 heavy (non-hydrogen) atoms. The van der Waals surface area contributed by atoms with Gasteiger partial charge in [0.2, 0.25) is 0 Å². The molecule has 0 aromatic heterocycles. The molecule has 0 amide bonds. The minimum absolute atomic E-state index is 0.511. The Balaban J connectivity index is 2.50. The van der Waals surface area contributed by atoms with Gasteiger partial charge < -0.3 is 9.47 Å². The standard InChI is InChI=1S/C18H14N2O2/c1-3-18(12-19,14-4-8-16(21-2)9-5-14)15-6-10-17(11-7-15)22-13-20/h1,4-11,13,20H,2H3. The molecule has 0 heterocycles. The number of benzene rings is 2. The predicted octanol–water partition coefficient (Wildman–Crippen LogP) is 3.12. The van der Waals surface area contributed by atoms with Crippen LogP contribution in [0.1, 0.15) is 11.1 Å². The van der Waals surface area contributed by atoms with Gasteiger partial charge in [-0.15, -0.1) is 6.42 Å². The van der Waals surface area contributed by atoms with Crippen LogP contribution < -0.4 is 9.47 Å². The predicted molar refractivity (Wildman–Crippen MR) is 84.1 cm³/mol. The molecule has 0 aliphatic heterocycles. The first kappa shape index (κ1) is 15.2. The normalized spacial score (nSPS) is 12.3. The summed E-state index contributed by atoms with van der Waals surface area (Å²) in [5.41, 5.74) is 0.175. The number of nitrogens with one attached hydrogen (secondary N) is 1. The van der Waals surface area contributed by atoms with Gasteiger partial charge in [0.15, 0.2) is 11.8 Å². The molecule has 2 aromatic rings.